The van der Waals surface area contributed by atoms with Gasteiger partial charge in [-0.3, -0.25) is 4.79 Å². The van der Waals surface area contributed by atoms with Crippen LogP contribution in [0.3, 0.4) is 0 Å². The van der Waals surface area contributed by atoms with Crippen LogP contribution in [-0.2, 0) is 28.5 Å². The molecule has 3 unspecified atom stereocenters. The van der Waals surface area contributed by atoms with Crippen molar-refractivity contribution in [2.45, 2.75) is 63.9 Å². The van der Waals surface area contributed by atoms with Gasteiger partial charge in [0.05, 0.1) is 6.61 Å². The van der Waals surface area contributed by atoms with Gasteiger partial charge >= 0.3 is 0 Å². The second kappa shape index (κ2) is 3.74. The van der Waals surface area contributed by atoms with Crippen LogP contribution in [0.2, 0.25) is 0 Å². The summed E-state index contributed by atoms with van der Waals surface area (Å²) in [6, 6.07) is 0. The molecule has 0 aliphatic carbocycles. The lowest BCUT2D eigenvalue weighted by Gasteiger charge is -2.23. The number of carbonyl (C=O) groups excluding carboxylic acids is 1. The number of rotatable bonds is 1. The SMILES string of the molecule is CC1(C)OC2OC([C@H]3COC(C)(C)O3)C(=O)C2O1. The van der Waals surface area contributed by atoms with E-state index in [1.807, 2.05) is 13.8 Å². The van der Waals surface area contributed by atoms with E-state index >= 15 is 0 Å². The summed E-state index contributed by atoms with van der Waals surface area (Å²) >= 11 is 0. The Hall–Kier alpha value is -0.530. The fourth-order valence-corrected chi connectivity index (χ4v) is 2.53. The van der Waals surface area contributed by atoms with E-state index in [1.54, 1.807) is 13.8 Å². The molecule has 0 aromatic rings. The standard InChI is InChI=1S/C12H18O6/c1-11(2)14-5-6(16-11)8-7(13)9-10(15-8)18-12(3,4)17-9/h6,8-10H,5H2,1-4H3/t6-,8?,9?,10?/m1/s1. The van der Waals surface area contributed by atoms with E-state index in [-0.39, 0.29) is 5.78 Å². The maximum Gasteiger partial charge on any atom is 0.198 e. The van der Waals surface area contributed by atoms with Crippen molar-refractivity contribution in [1.82, 2.24) is 0 Å². The smallest absolute Gasteiger partial charge is 0.198 e. The molecule has 0 amide bonds. The first kappa shape index (κ1) is 12.5. The molecule has 0 bridgehead atoms. The van der Waals surface area contributed by atoms with Crippen LogP contribution < -0.4 is 0 Å². The number of ether oxygens (including phenoxy) is 5. The second-order valence-electron chi connectivity index (χ2n) is 5.75. The zero-order valence-corrected chi connectivity index (χ0v) is 11.0. The van der Waals surface area contributed by atoms with Crippen LogP contribution in [0.15, 0.2) is 0 Å². The predicted octanol–water partition coefficient (Wildman–Crippen LogP) is 0.583. The summed E-state index contributed by atoms with van der Waals surface area (Å²) in [6.45, 7) is 7.48. The van der Waals surface area contributed by atoms with Gasteiger partial charge in [-0.1, -0.05) is 0 Å². The molecule has 6 heteroatoms. The van der Waals surface area contributed by atoms with Crippen LogP contribution in [0.1, 0.15) is 27.7 Å². The minimum Gasteiger partial charge on any atom is -0.348 e. The summed E-state index contributed by atoms with van der Waals surface area (Å²) in [4.78, 5) is 12.2. The molecule has 4 atom stereocenters. The molecule has 0 aromatic heterocycles. The van der Waals surface area contributed by atoms with Crippen molar-refractivity contribution in [3.05, 3.63) is 0 Å². The molecule has 0 saturated carbocycles. The monoisotopic (exact) mass is 258 g/mol. The van der Waals surface area contributed by atoms with Gasteiger partial charge in [0.15, 0.2) is 35.9 Å². The van der Waals surface area contributed by atoms with E-state index in [9.17, 15) is 4.79 Å². The predicted molar refractivity (Wildman–Crippen MR) is 58.6 cm³/mol. The molecule has 0 aromatic carbocycles. The van der Waals surface area contributed by atoms with Crippen molar-refractivity contribution >= 4 is 5.78 Å². The first-order valence-corrected chi connectivity index (χ1v) is 6.14. The zero-order valence-electron chi connectivity index (χ0n) is 11.0. The Bertz CT molecular complexity index is 377. The highest BCUT2D eigenvalue weighted by Gasteiger charge is 2.57. The largest absolute Gasteiger partial charge is 0.348 e. The van der Waals surface area contributed by atoms with E-state index < -0.39 is 36.2 Å². The molecular formula is C12H18O6. The van der Waals surface area contributed by atoms with Gasteiger partial charge in [-0.2, -0.15) is 0 Å². The lowest BCUT2D eigenvalue weighted by atomic mass is 10.1. The zero-order chi connectivity index (χ0) is 13.1. The maximum absolute atomic E-state index is 12.2. The third-order valence-corrected chi connectivity index (χ3v) is 3.27. The van der Waals surface area contributed by atoms with E-state index in [2.05, 4.69) is 0 Å². The van der Waals surface area contributed by atoms with Crippen LogP contribution in [0, 0.1) is 0 Å². The lowest BCUT2D eigenvalue weighted by Crippen LogP contribution is -2.39. The third-order valence-electron chi connectivity index (χ3n) is 3.27. The van der Waals surface area contributed by atoms with Gasteiger partial charge in [0.1, 0.15) is 6.10 Å². The average molecular weight is 258 g/mol. The van der Waals surface area contributed by atoms with Crippen molar-refractivity contribution < 1.29 is 28.5 Å². The Morgan fingerprint density at radius 1 is 1.00 bits per heavy atom. The van der Waals surface area contributed by atoms with Crippen LogP contribution in [-0.4, -0.2) is 48.6 Å². The molecule has 18 heavy (non-hydrogen) atoms. The summed E-state index contributed by atoms with van der Waals surface area (Å²) in [6.07, 6.45) is -2.35. The fraction of sp³-hybridized carbons (Fsp3) is 0.917. The molecular weight excluding hydrogens is 240 g/mol. The summed E-state index contributed by atoms with van der Waals surface area (Å²) in [5, 5.41) is 0. The summed E-state index contributed by atoms with van der Waals surface area (Å²) in [5.74, 6) is -1.58. The molecule has 102 valence electrons. The normalized spacial score (nSPS) is 45.4. The quantitative estimate of drug-likeness (QED) is 0.685. The van der Waals surface area contributed by atoms with Crippen molar-refractivity contribution in [1.29, 1.82) is 0 Å². The molecule has 0 spiro atoms. The first-order chi connectivity index (χ1) is 8.27. The molecule has 0 N–H and O–H groups in total. The Balaban J connectivity index is 1.70. The molecule has 0 radical (unpaired) electrons. The minimum absolute atomic E-state index is 0.128. The number of ketones is 1. The molecule has 3 aliphatic heterocycles. The van der Waals surface area contributed by atoms with Crippen molar-refractivity contribution in [2.24, 2.45) is 0 Å². The lowest BCUT2D eigenvalue weighted by molar-refractivity contribution is -0.219. The van der Waals surface area contributed by atoms with Gasteiger partial charge in [-0.25, -0.2) is 0 Å². The highest BCUT2D eigenvalue weighted by atomic mass is 16.8. The topological polar surface area (TPSA) is 63.2 Å². The molecule has 3 saturated heterocycles. The first-order valence-electron chi connectivity index (χ1n) is 6.14. The van der Waals surface area contributed by atoms with Crippen LogP contribution in [0.4, 0.5) is 0 Å². The second-order valence-corrected chi connectivity index (χ2v) is 5.75. The number of hydrogen-bond donors (Lipinski definition) is 0. The molecule has 3 rings (SSSR count). The van der Waals surface area contributed by atoms with Crippen LogP contribution in [0.5, 0.6) is 0 Å². The van der Waals surface area contributed by atoms with Gasteiger partial charge in [0.25, 0.3) is 0 Å². The van der Waals surface area contributed by atoms with E-state index in [1.165, 1.54) is 0 Å². The van der Waals surface area contributed by atoms with Gasteiger partial charge < -0.3 is 23.7 Å². The highest BCUT2D eigenvalue weighted by molar-refractivity contribution is 5.90. The summed E-state index contributed by atoms with van der Waals surface area (Å²) in [7, 11) is 0. The average Bonchev–Trinajstić information content (AvgIpc) is 2.81. The van der Waals surface area contributed by atoms with Gasteiger partial charge in [0.2, 0.25) is 0 Å². The van der Waals surface area contributed by atoms with Crippen LogP contribution in [0.25, 0.3) is 0 Å². The fourth-order valence-electron chi connectivity index (χ4n) is 2.53. The third kappa shape index (κ3) is 1.98. The van der Waals surface area contributed by atoms with Crippen molar-refractivity contribution in [3.63, 3.8) is 0 Å². The van der Waals surface area contributed by atoms with Gasteiger partial charge in [-0.15, -0.1) is 0 Å². The maximum atomic E-state index is 12.2. The van der Waals surface area contributed by atoms with Gasteiger partial charge in [0, 0.05) is 0 Å². The molecule has 6 nitrogen and oxygen atoms in total. The van der Waals surface area contributed by atoms with Gasteiger partial charge in [-0.05, 0) is 27.7 Å². The van der Waals surface area contributed by atoms with Crippen molar-refractivity contribution in [2.75, 3.05) is 6.61 Å². The Labute approximate surface area is 105 Å². The number of fused-ring (bicyclic) bond motifs is 1. The van der Waals surface area contributed by atoms with E-state index in [4.69, 9.17) is 23.7 Å². The highest BCUT2D eigenvalue weighted by Crippen LogP contribution is 2.38. The molecule has 3 fully saturated rings. The van der Waals surface area contributed by atoms with Crippen LogP contribution >= 0.6 is 0 Å². The van der Waals surface area contributed by atoms with E-state index in [0.29, 0.717) is 6.61 Å². The number of carbonyl (C=O) groups is 1. The number of Topliss-reactive ketones (excluding diaryl/α,β-unsaturated/α-hetero) is 1. The van der Waals surface area contributed by atoms with E-state index in [0.717, 1.165) is 0 Å². The summed E-state index contributed by atoms with van der Waals surface area (Å²) in [5.41, 5.74) is 0. The molecule has 3 heterocycles. The number of hydrogen-bond acceptors (Lipinski definition) is 6. The Morgan fingerprint density at radius 3 is 2.28 bits per heavy atom. The Kier molecular flexibility index (Phi) is 2.60. The minimum atomic E-state index is -0.776. The summed E-state index contributed by atoms with van der Waals surface area (Å²) < 4.78 is 27.7. The van der Waals surface area contributed by atoms with Crippen molar-refractivity contribution in [3.8, 4) is 0 Å². The Morgan fingerprint density at radius 2 is 1.72 bits per heavy atom. The molecule has 3 aliphatic rings.